The van der Waals surface area contributed by atoms with Crippen LogP contribution < -0.4 is 15.2 Å². The second kappa shape index (κ2) is 9.03. The summed E-state index contributed by atoms with van der Waals surface area (Å²) in [6.45, 7) is 0.293. The molecule has 3 N–H and O–H groups in total. The fraction of sp³-hybridized carbons (Fsp3) is 0.167. The van der Waals surface area contributed by atoms with E-state index in [1.165, 1.54) is 0 Å². The molecule has 2 heterocycles. The first-order valence-electron chi connectivity index (χ1n) is 10.1. The smallest absolute Gasteiger partial charge is 0.490 e. The van der Waals surface area contributed by atoms with Gasteiger partial charge in [-0.25, -0.2) is 9.79 Å². The summed E-state index contributed by atoms with van der Waals surface area (Å²) in [4.78, 5) is 13.6. The molecule has 35 heavy (non-hydrogen) atoms. The molecule has 0 saturated carbocycles. The quantitative estimate of drug-likeness (QED) is 0.486. The monoisotopic (exact) mass is 506 g/mol. The number of methoxy groups -OCH3 is 1. The molecule has 2 aliphatic heterocycles. The van der Waals surface area contributed by atoms with Crippen molar-refractivity contribution >= 4 is 23.6 Å². The van der Waals surface area contributed by atoms with Crippen molar-refractivity contribution in [3.8, 4) is 28.4 Å². The topological polar surface area (TPSA) is 103 Å². The number of hydrogen-bond acceptors (Lipinski definition) is 6. The van der Waals surface area contributed by atoms with Gasteiger partial charge < -0.3 is 25.1 Å². The number of nitrogens with two attached hydrogens (primary N) is 1. The molecule has 0 fully saturated rings. The Bertz CT molecular complexity index is 1330. The van der Waals surface area contributed by atoms with Crippen LogP contribution in [0.2, 0.25) is 5.02 Å². The number of amidine groups is 1. The lowest BCUT2D eigenvalue weighted by atomic mass is 9.80. The maximum Gasteiger partial charge on any atom is 0.490 e. The molecular weight excluding hydrogens is 489 g/mol. The number of ether oxygens (including phenoxy) is 3. The number of alkyl halides is 3. The molecule has 7 nitrogen and oxygen atoms in total. The second-order valence-corrected chi connectivity index (χ2v) is 7.96. The number of aliphatic imine (C=N–C) groups is 1. The number of nitrogens with zero attached hydrogens (tertiary/aromatic N) is 1. The average molecular weight is 507 g/mol. The molecule has 0 bridgehead atoms. The molecule has 0 aromatic heterocycles. The van der Waals surface area contributed by atoms with Crippen molar-refractivity contribution in [2.45, 2.75) is 11.7 Å². The molecule has 3 aromatic carbocycles. The van der Waals surface area contributed by atoms with E-state index >= 15 is 0 Å². The average Bonchev–Trinajstić information content (AvgIpc) is 3.21. The van der Waals surface area contributed by atoms with Crippen LogP contribution in [0.1, 0.15) is 11.1 Å². The highest BCUT2D eigenvalue weighted by atomic mass is 35.5. The van der Waals surface area contributed by atoms with Gasteiger partial charge in [0, 0.05) is 21.7 Å². The molecule has 5 rings (SSSR count). The van der Waals surface area contributed by atoms with E-state index in [0.717, 1.165) is 28.0 Å². The zero-order valence-electron chi connectivity index (χ0n) is 18.1. The first-order chi connectivity index (χ1) is 16.5. The number of carboxylic acids is 1. The van der Waals surface area contributed by atoms with Crippen LogP contribution >= 0.6 is 11.6 Å². The van der Waals surface area contributed by atoms with Gasteiger partial charge in [-0.2, -0.15) is 13.2 Å². The van der Waals surface area contributed by atoms with E-state index in [1.807, 2.05) is 60.7 Å². The Morgan fingerprint density at radius 3 is 2.31 bits per heavy atom. The minimum atomic E-state index is -5.08. The third-order valence-electron chi connectivity index (χ3n) is 5.43. The fourth-order valence-electron chi connectivity index (χ4n) is 3.82. The highest BCUT2D eigenvalue weighted by molar-refractivity contribution is 6.33. The van der Waals surface area contributed by atoms with Crippen molar-refractivity contribution < 1.29 is 37.3 Å². The molecule has 3 aromatic rings. The van der Waals surface area contributed by atoms with Crippen LogP contribution in [0.5, 0.6) is 17.2 Å². The number of halogens is 4. The predicted octanol–water partition coefficient (Wildman–Crippen LogP) is 5.34. The third kappa shape index (κ3) is 4.57. The standard InChI is InChI=1S/C22H17ClN2O3.C2HF3O2/c1-26-14-7-9-20-17(11-14)22(12-27-21(24)25-22)16-10-13(6-8-19(16)28-20)15-4-2-3-5-18(15)23;3-2(4,5)1(6)7/h2-11H,12H2,1H3,(H2,24,25);(H,6,7). The first kappa shape index (κ1) is 24.2. The van der Waals surface area contributed by atoms with Crippen LogP contribution in [-0.4, -0.2) is 37.0 Å². The number of fused-ring (bicyclic) bond motifs is 4. The SMILES string of the molecule is COc1ccc2c(c1)C1(COC(N)=N1)c1cc(-c3ccccc3Cl)ccc1O2.O=C(O)C(F)(F)F. The van der Waals surface area contributed by atoms with Gasteiger partial charge in [0.05, 0.1) is 7.11 Å². The van der Waals surface area contributed by atoms with E-state index in [2.05, 4.69) is 0 Å². The van der Waals surface area contributed by atoms with Gasteiger partial charge in [-0.3, -0.25) is 0 Å². The molecule has 1 spiro atoms. The summed E-state index contributed by atoms with van der Waals surface area (Å²) in [7, 11) is 1.63. The molecule has 1 atom stereocenters. The van der Waals surface area contributed by atoms with Gasteiger partial charge in [0.25, 0.3) is 6.02 Å². The van der Waals surface area contributed by atoms with Crippen LogP contribution in [0.4, 0.5) is 13.2 Å². The van der Waals surface area contributed by atoms with Crippen molar-refractivity contribution in [1.29, 1.82) is 0 Å². The number of rotatable bonds is 2. The van der Waals surface area contributed by atoms with Crippen molar-refractivity contribution in [3.63, 3.8) is 0 Å². The lowest BCUT2D eigenvalue weighted by Gasteiger charge is -2.34. The Balaban J connectivity index is 0.000000364. The summed E-state index contributed by atoms with van der Waals surface area (Å²) >= 11 is 6.42. The van der Waals surface area contributed by atoms with Crippen molar-refractivity contribution in [3.05, 3.63) is 76.8 Å². The van der Waals surface area contributed by atoms with Crippen molar-refractivity contribution in [2.24, 2.45) is 10.7 Å². The summed E-state index contributed by atoms with van der Waals surface area (Å²) in [5, 5.41) is 7.81. The van der Waals surface area contributed by atoms with E-state index in [4.69, 9.17) is 46.4 Å². The molecular formula is C24H18ClF3N2O5. The largest absolute Gasteiger partial charge is 0.497 e. The maximum absolute atomic E-state index is 10.6. The molecule has 0 amide bonds. The first-order valence-corrected chi connectivity index (χ1v) is 10.5. The lowest BCUT2D eigenvalue weighted by Crippen LogP contribution is -2.31. The van der Waals surface area contributed by atoms with E-state index in [-0.39, 0.29) is 6.02 Å². The molecule has 182 valence electrons. The summed E-state index contributed by atoms with van der Waals surface area (Å²) in [6, 6.07) is 19.5. The Morgan fingerprint density at radius 1 is 1.11 bits per heavy atom. The van der Waals surface area contributed by atoms with Crippen LogP contribution in [0, 0.1) is 0 Å². The zero-order valence-corrected chi connectivity index (χ0v) is 18.9. The number of aliphatic carboxylic acids is 1. The Kier molecular flexibility index (Phi) is 6.25. The van der Waals surface area contributed by atoms with E-state index in [0.29, 0.717) is 23.1 Å². The third-order valence-corrected chi connectivity index (χ3v) is 5.76. The highest BCUT2D eigenvalue weighted by Gasteiger charge is 2.47. The van der Waals surface area contributed by atoms with E-state index in [9.17, 15) is 13.2 Å². The van der Waals surface area contributed by atoms with Gasteiger partial charge in [-0.05, 0) is 42.0 Å². The van der Waals surface area contributed by atoms with Crippen molar-refractivity contribution in [1.82, 2.24) is 0 Å². The molecule has 2 aliphatic rings. The minimum absolute atomic E-state index is 0.157. The molecule has 0 aliphatic carbocycles. The number of carboxylic acid groups (broad SMARTS) is 1. The van der Waals surface area contributed by atoms with Crippen LogP contribution in [0.25, 0.3) is 11.1 Å². The number of benzene rings is 3. The van der Waals surface area contributed by atoms with Crippen molar-refractivity contribution in [2.75, 3.05) is 13.7 Å². The molecule has 0 saturated heterocycles. The van der Waals surface area contributed by atoms with Gasteiger partial charge in [0.1, 0.15) is 23.9 Å². The summed E-state index contributed by atoms with van der Waals surface area (Å²) in [6.07, 6.45) is -5.08. The normalized spacial score (nSPS) is 17.7. The molecule has 0 radical (unpaired) electrons. The summed E-state index contributed by atoms with van der Waals surface area (Å²) in [5.41, 5.74) is 8.79. The Morgan fingerprint density at radius 2 is 1.74 bits per heavy atom. The molecule has 11 heteroatoms. The Labute approximate surface area is 202 Å². The van der Waals surface area contributed by atoms with Gasteiger partial charge in [0.15, 0.2) is 5.54 Å². The second-order valence-electron chi connectivity index (χ2n) is 7.56. The minimum Gasteiger partial charge on any atom is -0.497 e. The fourth-order valence-corrected chi connectivity index (χ4v) is 4.07. The lowest BCUT2D eigenvalue weighted by molar-refractivity contribution is -0.192. The van der Waals surface area contributed by atoms with Crippen LogP contribution in [-0.2, 0) is 15.1 Å². The number of hydrogen-bond donors (Lipinski definition) is 2. The van der Waals surface area contributed by atoms with Gasteiger partial charge >= 0.3 is 12.1 Å². The van der Waals surface area contributed by atoms with Gasteiger partial charge in [-0.1, -0.05) is 35.9 Å². The van der Waals surface area contributed by atoms with Gasteiger partial charge in [-0.15, -0.1) is 0 Å². The summed E-state index contributed by atoms with van der Waals surface area (Å²) in [5.74, 6) is -0.614. The van der Waals surface area contributed by atoms with Crippen LogP contribution in [0.15, 0.2) is 65.7 Å². The predicted molar refractivity (Wildman–Crippen MR) is 122 cm³/mol. The summed E-state index contributed by atoms with van der Waals surface area (Å²) < 4.78 is 48.9. The van der Waals surface area contributed by atoms with E-state index in [1.54, 1.807) is 7.11 Å². The molecule has 1 unspecified atom stereocenters. The number of carbonyl (C=O) groups is 1. The Hall–Kier alpha value is -3.92. The maximum atomic E-state index is 10.6. The zero-order chi connectivity index (χ0) is 25.4. The van der Waals surface area contributed by atoms with E-state index < -0.39 is 17.7 Å². The van der Waals surface area contributed by atoms with Crippen LogP contribution in [0.3, 0.4) is 0 Å². The van der Waals surface area contributed by atoms with Gasteiger partial charge in [0.2, 0.25) is 0 Å². The highest BCUT2D eigenvalue weighted by Crippen LogP contribution is 2.52.